The van der Waals surface area contributed by atoms with Gasteiger partial charge in [-0.25, -0.2) is 9.38 Å². The van der Waals surface area contributed by atoms with Gasteiger partial charge in [0.05, 0.1) is 12.1 Å². The summed E-state index contributed by atoms with van der Waals surface area (Å²) in [5.74, 6) is 0.542. The molecule has 0 unspecified atom stereocenters. The predicted octanol–water partition coefficient (Wildman–Crippen LogP) is 4.77. The zero-order valence-corrected chi connectivity index (χ0v) is 19.1. The van der Waals surface area contributed by atoms with Gasteiger partial charge in [0.25, 0.3) is 0 Å². The maximum absolute atomic E-state index is 13.3. The highest BCUT2D eigenvalue weighted by molar-refractivity contribution is 14.0. The lowest BCUT2D eigenvalue weighted by molar-refractivity contribution is 0.629. The summed E-state index contributed by atoms with van der Waals surface area (Å²) in [6.45, 7) is 4.11. The fourth-order valence-corrected chi connectivity index (χ4v) is 3.48. The first-order valence-corrected chi connectivity index (χ1v) is 9.85. The molecule has 4 aromatic rings. The number of H-pyrrole nitrogens is 1. The summed E-state index contributed by atoms with van der Waals surface area (Å²) in [6, 6.07) is 15.0. The summed E-state index contributed by atoms with van der Waals surface area (Å²) < 4.78 is 13.3. The van der Waals surface area contributed by atoms with Gasteiger partial charge in [0.1, 0.15) is 5.82 Å². The van der Waals surface area contributed by atoms with E-state index in [-0.39, 0.29) is 29.8 Å². The molecule has 0 aliphatic rings. The van der Waals surface area contributed by atoms with Crippen LogP contribution in [0.1, 0.15) is 18.1 Å². The molecule has 156 valence electrons. The zero-order chi connectivity index (χ0) is 20.1. The maximum Gasteiger partial charge on any atom is 0.191 e. The number of nitrogens with zero attached hydrogens (tertiary/aromatic N) is 2. The summed E-state index contributed by atoms with van der Waals surface area (Å²) in [7, 11) is 0. The number of nitrogens with one attached hydrogen (secondary N) is 3. The van der Waals surface area contributed by atoms with Crippen LogP contribution in [-0.2, 0) is 13.0 Å². The Labute approximate surface area is 192 Å². The Hall–Kier alpha value is -2.68. The average molecular weight is 517 g/mol. The first-order valence-electron chi connectivity index (χ1n) is 9.85. The van der Waals surface area contributed by atoms with Crippen LogP contribution in [0.15, 0.2) is 65.9 Å². The molecule has 0 saturated carbocycles. The molecule has 0 spiro atoms. The van der Waals surface area contributed by atoms with Crippen molar-refractivity contribution >= 4 is 51.7 Å². The molecule has 4 rings (SSSR count). The maximum atomic E-state index is 13.3. The quantitative estimate of drug-likeness (QED) is 0.196. The van der Waals surface area contributed by atoms with Gasteiger partial charge in [0.15, 0.2) is 5.96 Å². The van der Waals surface area contributed by atoms with E-state index >= 15 is 0 Å². The van der Waals surface area contributed by atoms with Crippen LogP contribution in [0.2, 0.25) is 0 Å². The van der Waals surface area contributed by atoms with Crippen LogP contribution in [0.5, 0.6) is 0 Å². The minimum absolute atomic E-state index is 0. The topological polar surface area (TPSA) is 65.1 Å². The summed E-state index contributed by atoms with van der Waals surface area (Å²) >= 11 is 0. The van der Waals surface area contributed by atoms with Gasteiger partial charge in [-0.15, -0.1) is 24.0 Å². The highest BCUT2D eigenvalue weighted by Gasteiger charge is 2.06. The van der Waals surface area contributed by atoms with E-state index in [0.717, 1.165) is 58.4 Å². The monoisotopic (exact) mass is 517 g/mol. The van der Waals surface area contributed by atoms with E-state index < -0.39 is 0 Å². The van der Waals surface area contributed by atoms with Crippen molar-refractivity contribution in [2.45, 2.75) is 19.9 Å². The largest absolute Gasteiger partial charge is 0.361 e. The molecule has 30 heavy (non-hydrogen) atoms. The Bertz CT molecular complexity index is 1150. The summed E-state index contributed by atoms with van der Waals surface area (Å²) in [4.78, 5) is 12.4. The van der Waals surface area contributed by atoms with Gasteiger partial charge in [-0.3, -0.25) is 4.98 Å². The fraction of sp³-hybridized carbons (Fsp3) is 0.217. The van der Waals surface area contributed by atoms with Crippen molar-refractivity contribution in [3.05, 3.63) is 77.9 Å². The number of halogens is 2. The molecule has 2 heterocycles. The lowest BCUT2D eigenvalue weighted by Gasteiger charge is -2.11. The van der Waals surface area contributed by atoms with Crippen LogP contribution < -0.4 is 10.6 Å². The van der Waals surface area contributed by atoms with Gasteiger partial charge >= 0.3 is 0 Å². The van der Waals surface area contributed by atoms with Crippen molar-refractivity contribution in [3.63, 3.8) is 0 Å². The van der Waals surface area contributed by atoms with Crippen molar-refractivity contribution < 1.29 is 4.39 Å². The highest BCUT2D eigenvalue weighted by Crippen LogP contribution is 2.19. The second kappa shape index (κ2) is 10.4. The van der Waals surface area contributed by atoms with Crippen molar-refractivity contribution in [3.8, 4) is 0 Å². The number of hydrogen-bond acceptors (Lipinski definition) is 2. The molecule has 0 saturated heterocycles. The highest BCUT2D eigenvalue weighted by atomic mass is 127. The Balaban J connectivity index is 0.00000256. The summed E-state index contributed by atoms with van der Waals surface area (Å²) in [6.07, 6.45) is 4.57. The molecule has 0 aliphatic heterocycles. The molecule has 0 bridgehead atoms. The van der Waals surface area contributed by atoms with Crippen molar-refractivity contribution in [1.82, 2.24) is 20.6 Å². The van der Waals surface area contributed by atoms with E-state index in [0.29, 0.717) is 6.54 Å². The molecule has 0 amide bonds. The van der Waals surface area contributed by atoms with Crippen LogP contribution in [0.3, 0.4) is 0 Å². The van der Waals surface area contributed by atoms with Crippen molar-refractivity contribution in [2.24, 2.45) is 4.99 Å². The van der Waals surface area contributed by atoms with Crippen LogP contribution in [0.4, 0.5) is 4.39 Å². The van der Waals surface area contributed by atoms with Crippen LogP contribution in [-0.4, -0.2) is 29.0 Å². The second-order valence-electron chi connectivity index (χ2n) is 6.87. The average Bonchev–Trinajstić information content (AvgIpc) is 3.14. The van der Waals surface area contributed by atoms with Gasteiger partial charge in [0, 0.05) is 41.8 Å². The van der Waals surface area contributed by atoms with Crippen LogP contribution >= 0.6 is 24.0 Å². The molecule has 5 nitrogen and oxygen atoms in total. The molecule has 7 heteroatoms. The standard InChI is InChI=1S/C23H24FN5.HI/c1-2-25-23(29-15-18-6-3-5-16-7-4-11-26-22(16)18)27-12-10-17-14-28-21-13-19(24)8-9-20(17)21;/h3-9,11,13-14,28H,2,10,12,15H2,1H3,(H2,25,27,29);1H. The normalized spacial score (nSPS) is 11.5. The van der Waals surface area contributed by atoms with E-state index in [2.05, 4.69) is 38.8 Å². The van der Waals surface area contributed by atoms with E-state index in [1.54, 1.807) is 0 Å². The van der Waals surface area contributed by atoms with Gasteiger partial charge in [-0.2, -0.15) is 0 Å². The third-order valence-corrected chi connectivity index (χ3v) is 4.88. The Morgan fingerprint density at radius 2 is 1.97 bits per heavy atom. The molecule has 2 aromatic carbocycles. The Kier molecular flexibility index (Phi) is 7.62. The van der Waals surface area contributed by atoms with Gasteiger partial charge in [-0.1, -0.05) is 24.3 Å². The van der Waals surface area contributed by atoms with Gasteiger partial charge in [0.2, 0.25) is 0 Å². The minimum atomic E-state index is -0.228. The third kappa shape index (κ3) is 5.08. The number of benzene rings is 2. The molecule has 0 atom stereocenters. The van der Waals surface area contributed by atoms with E-state index in [4.69, 9.17) is 4.99 Å². The summed E-state index contributed by atoms with van der Waals surface area (Å²) in [5, 5.41) is 8.84. The van der Waals surface area contributed by atoms with Gasteiger partial charge < -0.3 is 15.6 Å². The summed E-state index contributed by atoms with van der Waals surface area (Å²) in [5.41, 5.74) is 4.06. The molecule has 2 aromatic heterocycles. The molecular formula is C23H25FIN5. The Morgan fingerprint density at radius 1 is 1.10 bits per heavy atom. The van der Waals surface area contributed by atoms with Crippen molar-refractivity contribution in [1.29, 1.82) is 0 Å². The minimum Gasteiger partial charge on any atom is -0.361 e. The number of aromatic nitrogens is 2. The first-order chi connectivity index (χ1) is 14.2. The van der Waals surface area contributed by atoms with Gasteiger partial charge in [-0.05, 0) is 48.7 Å². The lowest BCUT2D eigenvalue weighted by atomic mass is 10.1. The predicted molar refractivity (Wildman–Crippen MR) is 132 cm³/mol. The van der Waals surface area contributed by atoms with Crippen molar-refractivity contribution in [2.75, 3.05) is 13.1 Å². The molecular weight excluding hydrogens is 492 g/mol. The van der Waals surface area contributed by atoms with E-state index in [1.807, 2.05) is 37.5 Å². The number of guanidine groups is 1. The smallest absolute Gasteiger partial charge is 0.191 e. The lowest BCUT2D eigenvalue weighted by Crippen LogP contribution is -2.38. The van der Waals surface area contributed by atoms with E-state index in [9.17, 15) is 4.39 Å². The van der Waals surface area contributed by atoms with E-state index in [1.165, 1.54) is 12.1 Å². The number of aliphatic imine (C=N–C) groups is 1. The molecule has 3 N–H and O–H groups in total. The van der Waals surface area contributed by atoms with Crippen LogP contribution in [0, 0.1) is 5.82 Å². The Morgan fingerprint density at radius 3 is 2.83 bits per heavy atom. The number of pyridine rings is 1. The zero-order valence-electron chi connectivity index (χ0n) is 16.8. The SMILES string of the molecule is CCNC(=NCc1cccc2cccnc12)NCCc1c[nH]c2cc(F)ccc12.I. The first kappa shape index (κ1) is 22.0. The third-order valence-electron chi connectivity index (χ3n) is 4.88. The number of para-hydroxylation sites is 1. The number of aromatic amines is 1. The molecule has 0 aliphatic carbocycles. The number of fused-ring (bicyclic) bond motifs is 2. The fourth-order valence-electron chi connectivity index (χ4n) is 3.48. The second-order valence-corrected chi connectivity index (χ2v) is 6.87. The van der Waals surface area contributed by atoms with Crippen LogP contribution in [0.25, 0.3) is 21.8 Å². The molecule has 0 fully saturated rings. The molecule has 0 radical (unpaired) electrons. The number of rotatable bonds is 6. The number of hydrogen-bond donors (Lipinski definition) is 3.